The lowest BCUT2D eigenvalue weighted by molar-refractivity contribution is -0.253. The van der Waals surface area contributed by atoms with E-state index in [1.807, 2.05) is 0 Å². The van der Waals surface area contributed by atoms with E-state index in [9.17, 15) is 44.4 Å². The number of ether oxygens (including phenoxy) is 3. The first-order chi connectivity index (χ1) is 19.0. The molecule has 2 aromatic rings. The first kappa shape index (κ1) is 28.1. The fourth-order valence-corrected chi connectivity index (χ4v) is 5.82. The normalized spacial score (nSPS) is 29.4. The van der Waals surface area contributed by atoms with Crippen molar-refractivity contribution in [2.75, 3.05) is 13.7 Å². The van der Waals surface area contributed by atoms with E-state index in [4.69, 9.17) is 14.2 Å². The van der Waals surface area contributed by atoms with Gasteiger partial charge in [-0.2, -0.15) is 5.54 Å². The van der Waals surface area contributed by atoms with E-state index in [1.165, 1.54) is 37.8 Å². The number of aliphatic hydroxyl groups excluding tert-OH is 2. The zero-order valence-corrected chi connectivity index (χ0v) is 21.5. The number of carbonyl (C=O) groups excluding carboxylic acids is 3. The van der Waals surface area contributed by atoms with E-state index in [0.29, 0.717) is 0 Å². The first-order valence-corrected chi connectivity index (χ1v) is 12.6. The van der Waals surface area contributed by atoms with Gasteiger partial charge in [0, 0.05) is 36.0 Å². The monoisotopic (exact) mass is 561 g/mol. The lowest BCUT2D eigenvalue weighted by Gasteiger charge is -2.42. The lowest BCUT2D eigenvalue weighted by atomic mass is 9.72. The molecular weight excluding hydrogens is 533 g/mol. The third-order valence-corrected chi connectivity index (χ3v) is 7.90. The predicted octanol–water partition coefficient (Wildman–Crippen LogP) is 0.517. The molecule has 13 heteroatoms. The average Bonchev–Trinajstić information content (AvgIpc) is 2.94. The summed E-state index contributed by atoms with van der Waals surface area (Å²) in [5.74, 6) is -4.02. The minimum absolute atomic E-state index is 0.0711. The molecule has 0 radical (unpaired) electrons. The number of carbonyl (C=O) groups is 3. The van der Waals surface area contributed by atoms with Crippen molar-refractivity contribution in [2.24, 2.45) is 0 Å². The van der Waals surface area contributed by atoms with Crippen molar-refractivity contribution >= 4 is 17.3 Å². The molecule has 6 atom stereocenters. The standard InChI is InChI=1S/C27H28FNO11/c1-10-22(32)13(29-28)6-17(39-10)40-15-8-27(37,16(31)9-30)7-12-19(15)26(36)21-20(24(12)34)23(33)11-4-3-5-14(38-2)18(11)25(21)35/h3-5,10,13,15,17,22,29-30,32,34,36-37H,6-9H2,1-2H3/t10?,13?,15-,17?,22?,27-/m0/s1. The van der Waals surface area contributed by atoms with Crippen molar-refractivity contribution in [3.8, 4) is 17.2 Å². The second-order valence-corrected chi connectivity index (χ2v) is 10.2. The third-order valence-electron chi connectivity index (χ3n) is 7.90. The van der Waals surface area contributed by atoms with Gasteiger partial charge in [-0.15, -0.1) is 4.48 Å². The van der Waals surface area contributed by atoms with Crippen molar-refractivity contribution in [1.29, 1.82) is 0 Å². The fourth-order valence-electron chi connectivity index (χ4n) is 5.82. The third kappa shape index (κ3) is 4.17. The second kappa shape index (κ2) is 10.2. The van der Waals surface area contributed by atoms with Crippen LogP contribution in [0.25, 0.3) is 0 Å². The highest BCUT2D eigenvalue weighted by Gasteiger charge is 2.50. The Bertz CT molecular complexity index is 1410. The summed E-state index contributed by atoms with van der Waals surface area (Å²) in [7, 11) is 1.30. The van der Waals surface area contributed by atoms with Crippen LogP contribution in [0.2, 0.25) is 0 Å². The van der Waals surface area contributed by atoms with Crippen LogP contribution in [0.15, 0.2) is 18.2 Å². The second-order valence-electron chi connectivity index (χ2n) is 10.2. The summed E-state index contributed by atoms with van der Waals surface area (Å²) in [6.45, 7) is 0.414. The quantitative estimate of drug-likeness (QED) is 0.181. The Kier molecular flexibility index (Phi) is 7.15. The van der Waals surface area contributed by atoms with E-state index < -0.39 is 95.7 Å². The highest BCUT2D eigenvalue weighted by Crippen LogP contribution is 2.52. The number of benzene rings is 2. The van der Waals surface area contributed by atoms with Crippen LogP contribution < -0.4 is 10.3 Å². The number of nitrogens with one attached hydrogen (secondary N) is 1. The van der Waals surface area contributed by atoms with E-state index in [0.717, 1.165) is 0 Å². The number of hydrogen-bond donors (Lipinski definition) is 6. The number of hydrogen-bond acceptors (Lipinski definition) is 12. The summed E-state index contributed by atoms with van der Waals surface area (Å²) < 4.78 is 30.2. The fraction of sp³-hybridized carbons (Fsp3) is 0.444. The minimum Gasteiger partial charge on any atom is -0.507 e. The molecule has 3 aliphatic rings. The molecule has 0 bridgehead atoms. The van der Waals surface area contributed by atoms with Crippen LogP contribution in [0.3, 0.4) is 0 Å². The zero-order valence-electron chi connectivity index (χ0n) is 21.5. The molecule has 0 aromatic heterocycles. The summed E-state index contributed by atoms with van der Waals surface area (Å²) in [6.07, 6.45) is -6.17. The molecule has 0 saturated carbocycles. The Hall–Kier alpha value is -3.46. The van der Waals surface area contributed by atoms with Crippen LogP contribution in [0.1, 0.15) is 68.8 Å². The van der Waals surface area contributed by atoms with Crippen LogP contribution in [-0.4, -0.2) is 86.7 Å². The number of aliphatic hydroxyl groups is 3. The van der Waals surface area contributed by atoms with Crippen molar-refractivity contribution in [2.45, 2.75) is 62.4 Å². The number of phenols is 2. The van der Waals surface area contributed by atoms with E-state index in [1.54, 1.807) is 0 Å². The Labute approximate surface area is 226 Å². The zero-order chi connectivity index (χ0) is 29.1. The van der Waals surface area contributed by atoms with E-state index in [-0.39, 0.29) is 34.4 Å². The van der Waals surface area contributed by atoms with Crippen molar-refractivity contribution < 1.29 is 58.6 Å². The van der Waals surface area contributed by atoms with Crippen molar-refractivity contribution in [1.82, 2.24) is 5.54 Å². The Morgan fingerprint density at radius 3 is 2.52 bits per heavy atom. The number of ketones is 3. The van der Waals surface area contributed by atoms with Crippen LogP contribution >= 0.6 is 0 Å². The number of fused-ring (bicyclic) bond motifs is 3. The molecule has 40 heavy (non-hydrogen) atoms. The van der Waals surface area contributed by atoms with Gasteiger partial charge in [-0.1, -0.05) is 12.1 Å². The van der Waals surface area contributed by atoms with Crippen LogP contribution in [-0.2, 0) is 20.7 Å². The van der Waals surface area contributed by atoms with Gasteiger partial charge in [0.25, 0.3) is 0 Å². The topological polar surface area (TPSA) is 192 Å². The van der Waals surface area contributed by atoms with Crippen LogP contribution in [0.4, 0.5) is 4.48 Å². The summed E-state index contributed by atoms with van der Waals surface area (Å²) in [4.78, 5) is 39.8. The highest BCUT2D eigenvalue weighted by atomic mass is 19.2. The van der Waals surface area contributed by atoms with Gasteiger partial charge in [0.2, 0.25) is 5.78 Å². The molecule has 1 saturated heterocycles. The highest BCUT2D eigenvalue weighted by molar-refractivity contribution is 6.31. The van der Waals surface area contributed by atoms with Crippen molar-refractivity contribution in [3.63, 3.8) is 0 Å². The Morgan fingerprint density at radius 1 is 1.18 bits per heavy atom. The number of phenolic OH excluding ortho intramolecular Hbond substituents is 2. The van der Waals surface area contributed by atoms with E-state index in [2.05, 4.69) is 0 Å². The van der Waals surface area contributed by atoms with Gasteiger partial charge >= 0.3 is 0 Å². The molecule has 4 unspecified atom stereocenters. The average molecular weight is 562 g/mol. The molecule has 1 fully saturated rings. The largest absolute Gasteiger partial charge is 0.507 e. The summed E-state index contributed by atoms with van der Waals surface area (Å²) in [5.41, 5.74) is -2.48. The number of halogens is 1. The molecule has 1 aliphatic heterocycles. The number of Topliss-reactive ketones (excluding diaryl/α,β-unsaturated/α-hetero) is 1. The maximum Gasteiger partial charge on any atom is 0.202 e. The lowest BCUT2D eigenvalue weighted by Crippen LogP contribution is -2.53. The number of aromatic hydroxyl groups is 2. The summed E-state index contributed by atoms with van der Waals surface area (Å²) in [6, 6.07) is 3.21. The molecule has 214 valence electrons. The number of rotatable bonds is 6. The summed E-state index contributed by atoms with van der Waals surface area (Å²) in [5, 5.41) is 53.7. The minimum atomic E-state index is -2.30. The molecule has 0 amide bonds. The molecule has 2 aliphatic carbocycles. The van der Waals surface area contributed by atoms with Gasteiger partial charge in [0.1, 0.15) is 29.5 Å². The van der Waals surface area contributed by atoms with Gasteiger partial charge in [0.15, 0.2) is 17.9 Å². The Morgan fingerprint density at radius 2 is 1.88 bits per heavy atom. The van der Waals surface area contributed by atoms with Gasteiger partial charge in [-0.25, -0.2) is 0 Å². The molecular formula is C27H28FNO11. The smallest absolute Gasteiger partial charge is 0.202 e. The number of methoxy groups -OCH3 is 1. The molecule has 5 rings (SSSR count). The van der Waals surface area contributed by atoms with Crippen LogP contribution in [0, 0.1) is 0 Å². The van der Waals surface area contributed by atoms with Crippen molar-refractivity contribution in [3.05, 3.63) is 51.6 Å². The van der Waals surface area contributed by atoms with Gasteiger partial charge < -0.3 is 39.7 Å². The van der Waals surface area contributed by atoms with Gasteiger partial charge in [0.05, 0.1) is 48.2 Å². The van der Waals surface area contributed by atoms with Gasteiger partial charge in [-0.3, -0.25) is 14.4 Å². The predicted molar refractivity (Wildman–Crippen MR) is 132 cm³/mol. The first-order valence-electron chi connectivity index (χ1n) is 12.6. The molecule has 12 nitrogen and oxygen atoms in total. The van der Waals surface area contributed by atoms with E-state index >= 15 is 0 Å². The summed E-state index contributed by atoms with van der Waals surface area (Å²) >= 11 is 0. The maximum absolute atomic E-state index is 13.6. The SMILES string of the molecule is COc1cccc2c1C(=O)c1c(O)c3c(c(O)c1C2=O)C[C@@](O)(C(=O)CO)C[C@@H]3OC1CC(NF)C(O)C(C)O1. The van der Waals surface area contributed by atoms with Crippen LogP contribution in [0.5, 0.6) is 17.2 Å². The molecule has 1 heterocycles. The molecule has 6 N–H and O–H groups in total. The maximum atomic E-state index is 13.6. The van der Waals surface area contributed by atoms with Gasteiger partial charge in [-0.05, 0) is 13.0 Å². The molecule has 2 aromatic carbocycles. The molecule has 0 spiro atoms. The Balaban J connectivity index is 1.68.